The van der Waals surface area contributed by atoms with Crippen molar-refractivity contribution >= 4 is 16.9 Å². The van der Waals surface area contributed by atoms with Gasteiger partial charge >= 0.3 is 11.1 Å². The summed E-state index contributed by atoms with van der Waals surface area (Å²) < 4.78 is 2.92. The molecule has 0 saturated heterocycles. The number of unbranched alkanes of at least 4 members (excludes halogenated alkanes) is 1. The molecule has 6 nitrogen and oxygen atoms in total. The van der Waals surface area contributed by atoms with E-state index in [-0.39, 0.29) is 19.0 Å². The highest BCUT2D eigenvalue weighted by Crippen LogP contribution is 2.13. The summed E-state index contributed by atoms with van der Waals surface area (Å²) in [5.74, 6) is -0.111. The average molecular weight is 391 g/mol. The average Bonchev–Trinajstić information content (AvgIpc) is 2.75. The summed E-state index contributed by atoms with van der Waals surface area (Å²) in [6.07, 6.45) is 3.56. The number of para-hydroxylation sites is 2. The summed E-state index contributed by atoms with van der Waals surface area (Å²) in [6.45, 7) is 6.92. The topological polar surface area (TPSA) is 73.1 Å². The number of allylic oxidation sites excluding steroid dienone is 1. The van der Waals surface area contributed by atoms with Crippen molar-refractivity contribution < 1.29 is 4.79 Å². The molecule has 0 unspecified atom stereocenters. The maximum Gasteiger partial charge on any atom is 0.317 e. The van der Waals surface area contributed by atoms with Gasteiger partial charge in [-0.25, -0.2) is 0 Å². The monoisotopic (exact) mass is 391 g/mol. The number of amides is 1. The number of rotatable bonds is 8. The molecule has 0 atom stereocenters. The lowest BCUT2D eigenvalue weighted by molar-refractivity contribution is 0.0953. The number of carbonyl (C=O) groups is 1. The molecule has 6 heteroatoms. The van der Waals surface area contributed by atoms with Gasteiger partial charge in [0.05, 0.1) is 17.6 Å². The number of fused-ring (bicyclic) bond motifs is 1. The Balaban J connectivity index is 1.93. The van der Waals surface area contributed by atoms with Crippen molar-refractivity contribution in [3.05, 3.63) is 93.0 Å². The number of nitrogens with one attached hydrogen (secondary N) is 1. The first-order valence-corrected chi connectivity index (χ1v) is 9.77. The molecule has 1 amide bonds. The third-order valence-corrected chi connectivity index (χ3v) is 4.82. The fourth-order valence-electron chi connectivity index (χ4n) is 3.26. The standard InChI is InChI=1S/C23H25N3O3/c1-3-5-14-24-21(27)18-12-10-17(11-13-18)16-26-20-9-7-6-8-19(20)25(15-4-2)22(28)23(26)29/h4,6-13H,2-3,5,14-16H2,1H3,(H,24,27). The number of aromatic nitrogens is 2. The Morgan fingerprint density at radius 2 is 1.62 bits per heavy atom. The molecule has 0 radical (unpaired) electrons. The molecule has 0 aliphatic heterocycles. The summed E-state index contributed by atoms with van der Waals surface area (Å²) in [5, 5.41) is 2.88. The van der Waals surface area contributed by atoms with Crippen molar-refractivity contribution in [3.63, 3.8) is 0 Å². The first kappa shape index (κ1) is 20.3. The lowest BCUT2D eigenvalue weighted by atomic mass is 10.1. The minimum Gasteiger partial charge on any atom is -0.352 e. The van der Waals surface area contributed by atoms with Crippen LogP contribution >= 0.6 is 0 Å². The summed E-state index contributed by atoms with van der Waals surface area (Å²) in [4.78, 5) is 37.5. The molecule has 0 aliphatic carbocycles. The third kappa shape index (κ3) is 4.37. The van der Waals surface area contributed by atoms with E-state index < -0.39 is 11.1 Å². The van der Waals surface area contributed by atoms with Gasteiger partial charge < -0.3 is 5.32 Å². The molecule has 1 N–H and O–H groups in total. The molecule has 0 spiro atoms. The van der Waals surface area contributed by atoms with Crippen LogP contribution in [-0.4, -0.2) is 21.6 Å². The Kier molecular flexibility index (Phi) is 6.44. The molecule has 150 valence electrons. The second-order valence-corrected chi connectivity index (χ2v) is 6.89. The van der Waals surface area contributed by atoms with Crippen molar-refractivity contribution in [2.24, 2.45) is 0 Å². The molecule has 0 aliphatic rings. The van der Waals surface area contributed by atoms with Crippen LogP contribution in [0, 0.1) is 0 Å². The van der Waals surface area contributed by atoms with Crippen LogP contribution in [0.4, 0.5) is 0 Å². The quantitative estimate of drug-likeness (QED) is 0.365. The van der Waals surface area contributed by atoms with Gasteiger partial charge in [0.2, 0.25) is 0 Å². The molecular formula is C23H25N3O3. The Bertz CT molecular complexity index is 1140. The maximum absolute atomic E-state index is 12.7. The fraction of sp³-hybridized carbons (Fsp3) is 0.261. The second kappa shape index (κ2) is 9.19. The summed E-state index contributed by atoms with van der Waals surface area (Å²) in [6, 6.07) is 14.4. The molecular weight excluding hydrogens is 366 g/mol. The first-order valence-electron chi connectivity index (χ1n) is 9.77. The van der Waals surface area contributed by atoms with Crippen LogP contribution in [0.5, 0.6) is 0 Å². The van der Waals surface area contributed by atoms with Gasteiger partial charge in [0, 0.05) is 18.7 Å². The maximum atomic E-state index is 12.7. The van der Waals surface area contributed by atoms with E-state index in [4.69, 9.17) is 0 Å². The summed E-state index contributed by atoms with van der Waals surface area (Å²) in [5.41, 5.74) is 1.62. The van der Waals surface area contributed by atoms with E-state index in [0.29, 0.717) is 23.1 Å². The number of hydrogen-bond donors (Lipinski definition) is 1. The van der Waals surface area contributed by atoms with Crippen LogP contribution in [0.1, 0.15) is 35.7 Å². The number of carbonyl (C=O) groups excluding carboxylic acids is 1. The Labute approximate surface area is 169 Å². The van der Waals surface area contributed by atoms with Crippen molar-refractivity contribution in [1.29, 1.82) is 0 Å². The number of hydrogen-bond acceptors (Lipinski definition) is 3. The molecule has 1 aromatic heterocycles. The SMILES string of the molecule is C=CCn1c(=O)c(=O)n(Cc2ccc(C(=O)NCCCC)cc2)c2ccccc21. The largest absolute Gasteiger partial charge is 0.352 e. The van der Waals surface area contributed by atoms with E-state index in [1.54, 1.807) is 18.2 Å². The van der Waals surface area contributed by atoms with Crippen molar-refractivity contribution in [3.8, 4) is 0 Å². The fourth-order valence-corrected chi connectivity index (χ4v) is 3.26. The van der Waals surface area contributed by atoms with E-state index in [2.05, 4.69) is 18.8 Å². The molecule has 29 heavy (non-hydrogen) atoms. The summed E-state index contributed by atoms with van der Waals surface area (Å²) in [7, 11) is 0. The van der Waals surface area contributed by atoms with E-state index in [1.807, 2.05) is 36.4 Å². The molecule has 3 aromatic rings. The highest BCUT2D eigenvalue weighted by atomic mass is 16.2. The number of nitrogens with zero attached hydrogens (tertiary/aromatic N) is 2. The van der Waals surface area contributed by atoms with Crippen LogP contribution < -0.4 is 16.4 Å². The minimum atomic E-state index is -0.577. The Morgan fingerprint density at radius 3 is 2.24 bits per heavy atom. The van der Waals surface area contributed by atoms with E-state index in [9.17, 15) is 14.4 Å². The lowest BCUT2D eigenvalue weighted by Gasteiger charge is -2.14. The van der Waals surface area contributed by atoms with Crippen LogP contribution in [-0.2, 0) is 13.1 Å². The predicted octanol–water partition coefficient (Wildman–Crippen LogP) is 2.93. The zero-order chi connectivity index (χ0) is 20.8. The van der Waals surface area contributed by atoms with Crippen LogP contribution in [0.25, 0.3) is 11.0 Å². The van der Waals surface area contributed by atoms with Gasteiger partial charge in [0.25, 0.3) is 5.91 Å². The van der Waals surface area contributed by atoms with Crippen LogP contribution in [0.15, 0.2) is 70.8 Å². The minimum absolute atomic E-state index is 0.111. The Morgan fingerprint density at radius 1 is 1.00 bits per heavy atom. The van der Waals surface area contributed by atoms with Crippen molar-refractivity contribution in [1.82, 2.24) is 14.5 Å². The smallest absolute Gasteiger partial charge is 0.317 e. The third-order valence-electron chi connectivity index (χ3n) is 4.82. The zero-order valence-electron chi connectivity index (χ0n) is 16.6. The zero-order valence-corrected chi connectivity index (χ0v) is 16.6. The molecule has 0 saturated carbocycles. The molecule has 2 aromatic carbocycles. The lowest BCUT2D eigenvalue weighted by Crippen LogP contribution is -2.41. The summed E-state index contributed by atoms with van der Waals surface area (Å²) >= 11 is 0. The second-order valence-electron chi connectivity index (χ2n) is 6.89. The Hall–Kier alpha value is -3.41. The van der Waals surface area contributed by atoms with Gasteiger partial charge in [0.15, 0.2) is 0 Å². The van der Waals surface area contributed by atoms with Crippen molar-refractivity contribution in [2.75, 3.05) is 6.54 Å². The molecule has 0 bridgehead atoms. The van der Waals surface area contributed by atoms with Gasteiger partial charge in [-0.05, 0) is 36.2 Å². The van der Waals surface area contributed by atoms with Crippen LogP contribution in [0.3, 0.4) is 0 Å². The number of benzene rings is 2. The molecule has 3 rings (SSSR count). The normalized spacial score (nSPS) is 10.8. The van der Waals surface area contributed by atoms with Gasteiger partial charge in [-0.1, -0.05) is 43.7 Å². The highest BCUT2D eigenvalue weighted by Gasteiger charge is 2.13. The van der Waals surface area contributed by atoms with Crippen molar-refractivity contribution in [2.45, 2.75) is 32.9 Å². The van der Waals surface area contributed by atoms with Gasteiger partial charge in [-0.2, -0.15) is 0 Å². The molecule has 1 heterocycles. The first-order chi connectivity index (χ1) is 14.1. The van der Waals surface area contributed by atoms with Crippen LogP contribution in [0.2, 0.25) is 0 Å². The highest BCUT2D eigenvalue weighted by molar-refractivity contribution is 5.94. The van der Waals surface area contributed by atoms with Gasteiger partial charge in [0.1, 0.15) is 0 Å². The predicted molar refractivity (Wildman–Crippen MR) is 115 cm³/mol. The van der Waals surface area contributed by atoms with E-state index >= 15 is 0 Å². The molecule has 0 fully saturated rings. The van der Waals surface area contributed by atoms with Gasteiger partial charge in [-0.3, -0.25) is 23.5 Å². The van der Waals surface area contributed by atoms with Gasteiger partial charge in [-0.15, -0.1) is 6.58 Å². The van der Waals surface area contributed by atoms with E-state index in [1.165, 1.54) is 9.13 Å². The van der Waals surface area contributed by atoms with E-state index in [0.717, 1.165) is 18.4 Å².